The molecule has 7 nitrogen and oxygen atoms in total. The van der Waals surface area contributed by atoms with Gasteiger partial charge in [0.15, 0.2) is 15.9 Å². The highest BCUT2D eigenvalue weighted by Crippen LogP contribution is 2.43. The molecule has 9 heteroatoms. The average molecular weight is 513 g/mol. The Kier molecular flexibility index (Phi) is 7.01. The molecule has 0 spiro atoms. The summed E-state index contributed by atoms with van der Waals surface area (Å²) in [6.07, 6.45) is 6.19. The Balaban J connectivity index is 1.45. The normalized spacial score (nSPS) is 15.7. The van der Waals surface area contributed by atoms with Crippen LogP contribution in [0.15, 0.2) is 107 Å². The molecule has 36 heavy (non-hydrogen) atoms. The zero-order chi connectivity index (χ0) is 24.9. The van der Waals surface area contributed by atoms with Crippen molar-refractivity contribution in [3.63, 3.8) is 0 Å². The number of aliphatic hydroxyl groups is 1. The van der Waals surface area contributed by atoms with Crippen molar-refractivity contribution >= 4 is 46.0 Å². The summed E-state index contributed by atoms with van der Waals surface area (Å²) in [7, 11) is 0. The van der Waals surface area contributed by atoms with Crippen molar-refractivity contribution in [3.8, 4) is 0 Å². The smallest absolute Gasteiger partial charge is 0.296 e. The minimum atomic E-state index is -0.876. The molecule has 2 aromatic heterocycles. The second-order valence-electron chi connectivity index (χ2n) is 7.86. The van der Waals surface area contributed by atoms with Gasteiger partial charge < -0.3 is 5.11 Å². The summed E-state index contributed by atoms with van der Waals surface area (Å²) in [5.74, 6) is -1.06. The molecule has 178 valence electrons. The van der Waals surface area contributed by atoms with Gasteiger partial charge in [0, 0.05) is 18.1 Å². The van der Waals surface area contributed by atoms with Crippen LogP contribution in [0.25, 0.3) is 6.08 Å². The van der Waals surface area contributed by atoms with Crippen molar-refractivity contribution in [1.82, 2.24) is 15.2 Å². The van der Waals surface area contributed by atoms with Gasteiger partial charge in [0.2, 0.25) is 5.13 Å². The van der Waals surface area contributed by atoms with E-state index in [4.69, 9.17) is 0 Å². The fourth-order valence-corrected chi connectivity index (χ4v) is 5.63. The first-order chi connectivity index (χ1) is 17.6. The molecule has 0 fully saturated rings. The summed E-state index contributed by atoms with van der Waals surface area (Å²) in [6.45, 7) is 0. The lowest BCUT2D eigenvalue weighted by atomic mass is 9.97. The van der Waals surface area contributed by atoms with Gasteiger partial charge in [0.05, 0.1) is 11.6 Å². The lowest BCUT2D eigenvalue weighted by Crippen LogP contribution is -2.30. The van der Waals surface area contributed by atoms with E-state index in [0.29, 0.717) is 20.8 Å². The van der Waals surface area contributed by atoms with Gasteiger partial charge in [0.25, 0.3) is 5.91 Å². The lowest BCUT2D eigenvalue weighted by molar-refractivity contribution is -0.117. The van der Waals surface area contributed by atoms with Crippen LogP contribution < -0.4 is 4.90 Å². The van der Waals surface area contributed by atoms with Gasteiger partial charge in [-0.05, 0) is 28.8 Å². The summed E-state index contributed by atoms with van der Waals surface area (Å²) in [4.78, 5) is 32.0. The minimum absolute atomic E-state index is 0.0196. The van der Waals surface area contributed by atoms with Gasteiger partial charge in [-0.3, -0.25) is 19.5 Å². The molecule has 1 aliphatic heterocycles. The summed E-state index contributed by atoms with van der Waals surface area (Å²) >= 11 is 2.74. The first-order valence-electron chi connectivity index (χ1n) is 11.1. The molecule has 5 rings (SSSR count). The van der Waals surface area contributed by atoms with Crippen LogP contribution >= 0.6 is 23.1 Å². The Morgan fingerprint density at radius 3 is 2.50 bits per heavy atom. The quantitative estimate of drug-likeness (QED) is 0.192. The Hall–Kier alpha value is -4.08. The number of aromatic nitrogens is 3. The molecule has 3 heterocycles. The molecule has 0 saturated carbocycles. The van der Waals surface area contributed by atoms with Gasteiger partial charge in [-0.25, -0.2) is 0 Å². The number of anilines is 1. The minimum Gasteiger partial charge on any atom is -0.503 e. The monoisotopic (exact) mass is 512 g/mol. The van der Waals surface area contributed by atoms with E-state index in [2.05, 4.69) is 15.2 Å². The van der Waals surface area contributed by atoms with E-state index >= 15 is 0 Å². The van der Waals surface area contributed by atoms with E-state index in [1.165, 1.54) is 34.1 Å². The van der Waals surface area contributed by atoms with Gasteiger partial charge in [-0.2, -0.15) is 0 Å². The van der Waals surface area contributed by atoms with Crippen molar-refractivity contribution in [2.45, 2.75) is 16.1 Å². The molecule has 1 atom stereocenters. The summed E-state index contributed by atoms with van der Waals surface area (Å²) in [5, 5.41) is 19.6. The number of hydrogen-bond donors (Lipinski definition) is 1. The number of nitrogens with zero attached hydrogens (tertiary/aromatic N) is 4. The third-order valence-electron chi connectivity index (χ3n) is 5.51. The number of thioether (sulfide) groups is 1. The lowest BCUT2D eigenvalue weighted by Gasteiger charge is -2.23. The second-order valence-corrected chi connectivity index (χ2v) is 10.0. The van der Waals surface area contributed by atoms with Crippen molar-refractivity contribution in [2.24, 2.45) is 0 Å². The highest BCUT2D eigenvalue weighted by molar-refractivity contribution is 8.00. The fraction of sp³-hybridized carbons (Fsp3) is 0.0741. The fourth-order valence-electron chi connectivity index (χ4n) is 3.81. The summed E-state index contributed by atoms with van der Waals surface area (Å²) in [6, 6.07) is 21.9. The number of benzene rings is 2. The number of pyridine rings is 1. The van der Waals surface area contributed by atoms with Crippen LogP contribution in [-0.4, -0.2) is 32.0 Å². The number of amides is 1. The molecule has 4 aromatic rings. The van der Waals surface area contributed by atoms with E-state index in [1.54, 1.807) is 30.6 Å². The SMILES string of the molecule is O=C(/C=C/c1ccccc1)C1=C(O)C(=O)N(c2nnc(SCc3ccccc3)s2)C1c1cccnc1. The summed E-state index contributed by atoms with van der Waals surface area (Å²) < 4.78 is 0.676. The molecule has 1 N–H and O–H groups in total. The largest absolute Gasteiger partial charge is 0.503 e. The number of ketones is 1. The van der Waals surface area contributed by atoms with Crippen molar-refractivity contribution in [1.29, 1.82) is 0 Å². The molecule has 1 unspecified atom stereocenters. The van der Waals surface area contributed by atoms with Crippen LogP contribution in [0.5, 0.6) is 0 Å². The third-order valence-corrected chi connectivity index (χ3v) is 7.63. The Morgan fingerprint density at radius 2 is 1.78 bits per heavy atom. The molecular formula is C27H20N4O3S2. The molecule has 0 radical (unpaired) electrons. The van der Waals surface area contributed by atoms with Crippen LogP contribution in [-0.2, 0) is 15.3 Å². The van der Waals surface area contributed by atoms with Crippen LogP contribution in [0.2, 0.25) is 0 Å². The first-order valence-corrected chi connectivity index (χ1v) is 12.9. The van der Waals surface area contributed by atoms with Gasteiger partial charge in [-0.15, -0.1) is 10.2 Å². The van der Waals surface area contributed by atoms with Gasteiger partial charge in [-0.1, -0.05) is 95.9 Å². The standard InChI is InChI=1S/C27H20N4O3S2/c32-21(14-13-18-8-3-1-4-9-18)22-23(20-12-7-15-28-16-20)31(25(34)24(22)33)26-29-30-27(36-26)35-17-19-10-5-2-6-11-19/h1-16,23,33H,17H2/b14-13+. The predicted octanol–water partition coefficient (Wildman–Crippen LogP) is 5.41. The van der Waals surface area contributed by atoms with Crippen LogP contribution in [0, 0.1) is 0 Å². The van der Waals surface area contributed by atoms with Crippen LogP contribution in [0.1, 0.15) is 22.7 Å². The van der Waals surface area contributed by atoms with E-state index in [1.807, 2.05) is 60.7 Å². The van der Waals surface area contributed by atoms with E-state index < -0.39 is 23.5 Å². The van der Waals surface area contributed by atoms with Crippen molar-refractivity contribution in [3.05, 3.63) is 119 Å². The van der Waals surface area contributed by atoms with E-state index in [-0.39, 0.29) is 5.57 Å². The molecule has 1 amide bonds. The predicted molar refractivity (Wildman–Crippen MR) is 141 cm³/mol. The maximum absolute atomic E-state index is 13.3. The average Bonchev–Trinajstić information content (AvgIpc) is 3.50. The number of hydrogen-bond acceptors (Lipinski definition) is 8. The number of rotatable bonds is 8. The van der Waals surface area contributed by atoms with E-state index in [0.717, 1.165) is 11.1 Å². The maximum atomic E-state index is 13.3. The maximum Gasteiger partial charge on any atom is 0.296 e. The highest BCUT2D eigenvalue weighted by Gasteiger charge is 2.45. The molecule has 0 bridgehead atoms. The van der Waals surface area contributed by atoms with Crippen molar-refractivity contribution < 1.29 is 14.7 Å². The van der Waals surface area contributed by atoms with Gasteiger partial charge >= 0.3 is 0 Å². The topological polar surface area (TPSA) is 96.3 Å². The van der Waals surface area contributed by atoms with Crippen LogP contribution in [0.3, 0.4) is 0 Å². The molecular weight excluding hydrogens is 492 g/mol. The highest BCUT2D eigenvalue weighted by atomic mass is 32.2. The first kappa shape index (κ1) is 23.7. The second kappa shape index (κ2) is 10.7. The third kappa shape index (κ3) is 4.98. The van der Waals surface area contributed by atoms with Crippen molar-refractivity contribution in [2.75, 3.05) is 4.90 Å². The van der Waals surface area contributed by atoms with Crippen LogP contribution in [0.4, 0.5) is 5.13 Å². The van der Waals surface area contributed by atoms with E-state index in [9.17, 15) is 14.7 Å². The molecule has 0 saturated heterocycles. The zero-order valence-corrected chi connectivity index (χ0v) is 20.5. The Bertz CT molecular complexity index is 1440. The number of carbonyl (C=O) groups is 2. The zero-order valence-electron chi connectivity index (χ0n) is 18.9. The molecule has 0 aliphatic carbocycles. The Morgan fingerprint density at radius 1 is 1.03 bits per heavy atom. The number of allylic oxidation sites excluding steroid dienone is 1. The summed E-state index contributed by atoms with van der Waals surface area (Å²) in [5.41, 5.74) is 2.53. The Labute approximate surface area is 215 Å². The number of aliphatic hydroxyl groups excluding tert-OH is 1. The molecule has 2 aromatic carbocycles. The van der Waals surface area contributed by atoms with Gasteiger partial charge in [0.1, 0.15) is 0 Å². The molecule has 1 aliphatic rings. The number of carbonyl (C=O) groups excluding carboxylic acids is 2.